The maximum absolute atomic E-state index is 5.36. The van der Waals surface area contributed by atoms with Gasteiger partial charge in [-0.1, -0.05) is 5.92 Å². The van der Waals surface area contributed by atoms with Crippen molar-refractivity contribution in [2.45, 2.75) is 6.92 Å². The number of H-pyrrole nitrogens is 1. The van der Waals surface area contributed by atoms with Gasteiger partial charge in [-0.2, -0.15) is 0 Å². The Morgan fingerprint density at radius 2 is 2.60 bits per heavy atom. The Balaban J connectivity index is 2.84. The minimum Gasteiger partial charge on any atom is -0.348 e. The van der Waals surface area contributed by atoms with E-state index in [0.717, 1.165) is 11.4 Å². The van der Waals surface area contributed by atoms with Gasteiger partial charge in [-0.3, -0.25) is 0 Å². The second-order valence-corrected chi connectivity index (χ2v) is 2.08. The molecule has 1 aromatic rings. The number of nitrogens with one attached hydrogen (secondary N) is 1. The summed E-state index contributed by atoms with van der Waals surface area (Å²) in [4.78, 5) is 6.89. The zero-order valence-corrected chi connectivity index (χ0v) is 6.37. The molecule has 0 aliphatic carbocycles. The van der Waals surface area contributed by atoms with Crippen molar-refractivity contribution < 1.29 is 0 Å². The molecule has 0 spiro atoms. The zero-order valence-electron chi connectivity index (χ0n) is 5.61. The largest absolute Gasteiger partial charge is 0.348 e. The lowest BCUT2D eigenvalue weighted by Crippen LogP contribution is -1.77. The van der Waals surface area contributed by atoms with Gasteiger partial charge in [0, 0.05) is 5.69 Å². The van der Waals surface area contributed by atoms with E-state index in [1.807, 2.05) is 6.92 Å². The average Bonchev–Trinajstić information content (AvgIpc) is 2.31. The minimum absolute atomic E-state index is 0.353. The van der Waals surface area contributed by atoms with Gasteiger partial charge in [0.25, 0.3) is 0 Å². The summed E-state index contributed by atoms with van der Waals surface area (Å²) >= 11 is 5.36. The fourth-order valence-corrected chi connectivity index (χ4v) is 0.669. The number of alkyl halides is 1. The lowest BCUT2D eigenvalue weighted by atomic mass is 10.3. The maximum atomic E-state index is 5.36. The van der Waals surface area contributed by atoms with Crippen LogP contribution in [0.15, 0.2) is 6.33 Å². The van der Waals surface area contributed by atoms with Crippen LogP contribution in [0.25, 0.3) is 0 Å². The molecule has 0 unspecified atom stereocenters. The molecule has 52 valence electrons. The molecule has 0 saturated carbocycles. The first-order valence-corrected chi connectivity index (χ1v) is 3.43. The lowest BCUT2D eigenvalue weighted by molar-refractivity contribution is 1.25. The summed E-state index contributed by atoms with van der Waals surface area (Å²) in [6.45, 7) is 1.92. The Labute approximate surface area is 64.6 Å². The van der Waals surface area contributed by atoms with E-state index < -0.39 is 0 Å². The van der Waals surface area contributed by atoms with Crippen LogP contribution < -0.4 is 0 Å². The third-order valence-corrected chi connectivity index (χ3v) is 1.24. The van der Waals surface area contributed by atoms with E-state index >= 15 is 0 Å². The summed E-state index contributed by atoms with van der Waals surface area (Å²) in [5.74, 6) is 5.90. The van der Waals surface area contributed by atoms with E-state index in [1.165, 1.54) is 0 Å². The summed E-state index contributed by atoms with van der Waals surface area (Å²) in [5.41, 5.74) is 1.76. The van der Waals surface area contributed by atoms with Crippen LogP contribution >= 0.6 is 11.6 Å². The number of nitrogens with zero attached hydrogens (tertiary/aromatic N) is 1. The first-order chi connectivity index (χ1) is 4.84. The highest BCUT2D eigenvalue weighted by Gasteiger charge is 1.92. The molecular weight excluding hydrogens is 148 g/mol. The Hall–Kier alpha value is -0.940. The van der Waals surface area contributed by atoms with Crippen LogP contribution in [-0.2, 0) is 0 Å². The quantitative estimate of drug-likeness (QED) is 0.443. The Bertz CT molecular complexity index is 267. The highest BCUT2D eigenvalue weighted by Crippen LogP contribution is 1.96. The number of rotatable bonds is 0. The van der Waals surface area contributed by atoms with Crippen LogP contribution in [0.2, 0.25) is 0 Å². The van der Waals surface area contributed by atoms with Crippen LogP contribution in [0.4, 0.5) is 0 Å². The first kappa shape index (κ1) is 7.17. The Kier molecular flexibility index (Phi) is 2.35. The second kappa shape index (κ2) is 3.28. The molecule has 3 heteroatoms. The van der Waals surface area contributed by atoms with Crippen LogP contribution in [-0.4, -0.2) is 15.8 Å². The number of imidazole rings is 1. The summed E-state index contributed by atoms with van der Waals surface area (Å²) in [5, 5.41) is 0. The van der Waals surface area contributed by atoms with Crippen molar-refractivity contribution in [1.29, 1.82) is 0 Å². The van der Waals surface area contributed by atoms with Gasteiger partial charge in [-0.25, -0.2) is 4.98 Å². The predicted octanol–water partition coefficient (Wildman–Crippen LogP) is 1.31. The van der Waals surface area contributed by atoms with E-state index in [1.54, 1.807) is 6.33 Å². The Morgan fingerprint density at radius 1 is 1.80 bits per heavy atom. The van der Waals surface area contributed by atoms with E-state index in [-0.39, 0.29) is 0 Å². The molecule has 0 bridgehead atoms. The van der Waals surface area contributed by atoms with Gasteiger partial charge in [-0.15, -0.1) is 11.6 Å². The number of hydrogen-bond donors (Lipinski definition) is 1. The minimum atomic E-state index is 0.353. The number of aromatic amines is 1. The fraction of sp³-hybridized carbons (Fsp3) is 0.286. The molecule has 0 fully saturated rings. The van der Waals surface area contributed by atoms with Crippen LogP contribution in [0.5, 0.6) is 0 Å². The molecule has 0 amide bonds. The van der Waals surface area contributed by atoms with Crippen LogP contribution in [0.3, 0.4) is 0 Å². The second-order valence-electron chi connectivity index (χ2n) is 1.81. The van der Waals surface area contributed by atoms with Gasteiger partial charge in [0.15, 0.2) is 0 Å². The van der Waals surface area contributed by atoms with E-state index in [2.05, 4.69) is 21.8 Å². The van der Waals surface area contributed by atoms with E-state index in [4.69, 9.17) is 11.6 Å². The van der Waals surface area contributed by atoms with Crippen molar-refractivity contribution in [2.24, 2.45) is 0 Å². The number of aromatic nitrogens is 2. The summed E-state index contributed by atoms with van der Waals surface area (Å²) in [6.07, 6.45) is 1.62. The maximum Gasteiger partial charge on any atom is 0.133 e. The zero-order chi connectivity index (χ0) is 7.40. The molecule has 0 atom stereocenters. The molecule has 0 aliphatic heterocycles. The summed E-state index contributed by atoms with van der Waals surface area (Å²) in [7, 11) is 0. The lowest BCUT2D eigenvalue weighted by Gasteiger charge is -1.80. The van der Waals surface area contributed by atoms with Crippen molar-refractivity contribution in [3.05, 3.63) is 17.7 Å². The molecule has 1 rings (SSSR count). The van der Waals surface area contributed by atoms with Gasteiger partial charge in [0.05, 0.1) is 12.2 Å². The SMILES string of the molecule is Cc1[nH]cnc1C#CCCl. The third-order valence-electron chi connectivity index (χ3n) is 1.10. The highest BCUT2D eigenvalue weighted by atomic mass is 35.5. The van der Waals surface area contributed by atoms with Gasteiger partial charge in [-0.05, 0) is 12.8 Å². The predicted molar refractivity (Wildman–Crippen MR) is 40.9 cm³/mol. The average molecular weight is 155 g/mol. The van der Waals surface area contributed by atoms with Gasteiger partial charge in [0.2, 0.25) is 0 Å². The van der Waals surface area contributed by atoms with Gasteiger partial charge >= 0.3 is 0 Å². The summed E-state index contributed by atoms with van der Waals surface area (Å²) < 4.78 is 0. The molecule has 0 aliphatic rings. The highest BCUT2D eigenvalue weighted by molar-refractivity contribution is 6.19. The topological polar surface area (TPSA) is 28.7 Å². The normalized spacial score (nSPS) is 8.60. The van der Waals surface area contributed by atoms with Crippen molar-refractivity contribution >= 4 is 11.6 Å². The Morgan fingerprint density at radius 3 is 3.10 bits per heavy atom. The molecular formula is C7H7ClN2. The van der Waals surface area contributed by atoms with Crippen LogP contribution in [0.1, 0.15) is 11.4 Å². The van der Waals surface area contributed by atoms with Gasteiger partial charge < -0.3 is 4.98 Å². The molecule has 10 heavy (non-hydrogen) atoms. The van der Waals surface area contributed by atoms with Crippen molar-refractivity contribution in [1.82, 2.24) is 9.97 Å². The molecule has 1 N–H and O–H groups in total. The monoisotopic (exact) mass is 154 g/mol. The van der Waals surface area contributed by atoms with Crippen LogP contribution in [0, 0.1) is 18.8 Å². The van der Waals surface area contributed by atoms with Crippen molar-refractivity contribution in [3.63, 3.8) is 0 Å². The summed E-state index contributed by atoms with van der Waals surface area (Å²) in [6, 6.07) is 0. The first-order valence-electron chi connectivity index (χ1n) is 2.89. The smallest absolute Gasteiger partial charge is 0.133 e. The van der Waals surface area contributed by atoms with Gasteiger partial charge in [0.1, 0.15) is 5.69 Å². The standard InChI is InChI=1S/C7H7ClN2/c1-6-7(3-2-4-8)10-5-9-6/h5H,4H2,1H3,(H,9,10). The molecule has 1 aromatic heterocycles. The third kappa shape index (κ3) is 1.52. The van der Waals surface area contributed by atoms with E-state index in [0.29, 0.717) is 5.88 Å². The number of aryl methyl sites for hydroxylation is 1. The van der Waals surface area contributed by atoms with Crippen molar-refractivity contribution in [2.75, 3.05) is 5.88 Å². The van der Waals surface area contributed by atoms with Crippen molar-refractivity contribution in [3.8, 4) is 11.8 Å². The fourth-order valence-electron chi connectivity index (χ4n) is 0.602. The molecule has 1 heterocycles. The molecule has 0 radical (unpaired) electrons. The molecule has 2 nitrogen and oxygen atoms in total. The molecule has 0 saturated heterocycles. The van der Waals surface area contributed by atoms with E-state index in [9.17, 15) is 0 Å². The number of hydrogen-bond acceptors (Lipinski definition) is 1. The molecule has 0 aromatic carbocycles. The number of halogens is 1.